The van der Waals surface area contributed by atoms with Gasteiger partial charge in [-0.25, -0.2) is 0 Å². The van der Waals surface area contributed by atoms with Crippen LogP contribution in [-0.2, 0) is 4.74 Å². The Balaban J connectivity index is 2.52. The first-order valence-electron chi connectivity index (χ1n) is 3.44. The van der Waals surface area contributed by atoms with Gasteiger partial charge in [-0.1, -0.05) is 0 Å². The Morgan fingerprint density at radius 2 is 2.27 bits per heavy atom. The van der Waals surface area contributed by atoms with Crippen molar-refractivity contribution in [1.29, 1.82) is 0 Å². The maximum absolute atomic E-state index is 5.41. The fourth-order valence-electron chi connectivity index (χ4n) is 0.719. The van der Waals surface area contributed by atoms with E-state index in [0.717, 1.165) is 10.4 Å². The zero-order valence-electron chi connectivity index (χ0n) is 6.52. The SMILES string of the molecule is CC(C)OC1=CNNC(Br)=C1. The molecule has 3 nitrogen and oxygen atoms in total. The van der Waals surface area contributed by atoms with Crippen molar-refractivity contribution in [2.45, 2.75) is 20.0 Å². The lowest BCUT2D eigenvalue weighted by Crippen LogP contribution is -2.27. The van der Waals surface area contributed by atoms with Gasteiger partial charge in [0.1, 0.15) is 10.4 Å². The normalized spacial score (nSPS) is 16.4. The summed E-state index contributed by atoms with van der Waals surface area (Å²) in [7, 11) is 0. The van der Waals surface area contributed by atoms with E-state index < -0.39 is 0 Å². The summed E-state index contributed by atoms with van der Waals surface area (Å²) in [4.78, 5) is 0. The predicted molar refractivity (Wildman–Crippen MR) is 47.6 cm³/mol. The Bertz CT molecular complexity index is 199. The van der Waals surface area contributed by atoms with Gasteiger partial charge >= 0.3 is 0 Å². The Labute approximate surface area is 74.6 Å². The molecule has 11 heavy (non-hydrogen) atoms. The number of halogens is 1. The van der Waals surface area contributed by atoms with Gasteiger partial charge < -0.3 is 10.2 Å². The number of ether oxygens (including phenoxy) is 1. The Morgan fingerprint density at radius 3 is 2.82 bits per heavy atom. The van der Waals surface area contributed by atoms with Crippen LogP contribution in [0.4, 0.5) is 0 Å². The number of hydrogen-bond acceptors (Lipinski definition) is 3. The van der Waals surface area contributed by atoms with Crippen molar-refractivity contribution in [3.05, 3.63) is 22.6 Å². The van der Waals surface area contributed by atoms with Crippen LogP contribution in [0.15, 0.2) is 22.6 Å². The van der Waals surface area contributed by atoms with Gasteiger partial charge in [-0.15, -0.1) is 0 Å². The van der Waals surface area contributed by atoms with Crippen LogP contribution in [-0.4, -0.2) is 6.10 Å². The Morgan fingerprint density at radius 1 is 1.55 bits per heavy atom. The molecule has 0 radical (unpaired) electrons. The minimum absolute atomic E-state index is 0.206. The molecule has 0 aromatic rings. The maximum atomic E-state index is 5.41. The van der Waals surface area contributed by atoms with Gasteiger partial charge in [0.15, 0.2) is 0 Å². The summed E-state index contributed by atoms with van der Waals surface area (Å²) in [5, 5.41) is 0. The van der Waals surface area contributed by atoms with Crippen LogP contribution in [0, 0.1) is 0 Å². The first kappa shape index (κ1) is 8.46. The molecule has 4 heteroatoms. The standard InChI is InChI=1S/C7H11BrN2O/c1-5(2)11-6-3-7(8)10-9-4-6/h3-5,9-10H,1-2H3. The van der Waals surface area contributed by atoms with Gasteiger partial charge in [-0.2, -0.15) is 0 Å². The second-order valence-electron chi connectivity index (χ2n) is 2.47. The molecule has 0 saturated carbocycles. The largest absolute Gasteiger partial charge is 0.489 e. The third-order valence-corrected chi connectivity index (χ3v) is 1.47. The van der Waals surface area contributed by atoms with E-state index in [9.17, 15) is 0 Å². The van der Waals surface area contributed by atoms with Crippen LogP contribution >= 0.6 is 15.9 Å². The molecular formula is C7H11BrN2O. The molecule has 0 atom stereocenters. The lowest BCUT2D eigenvalue weighted by atomic mass is 10.4. The fraction of sp³-hybridized carbons (Fsp3) is 0.429. The molecule has 1 rings (SSSR count). The van der Waals surface area contributed by atoms with E-state index in [-0.39, 0.29) is 6.10 Å². The summed E-state index contributed by atoms with van der Waals surface area (Å²) < 4.78 is 6.28. The van der Waals surface area contributed by atoms with Gasteiger partial charge in [0.25, 0.3) is 0 Å². The smallest absolute Gasteiger partial charge is 0.139 e. The maximum Gasteiger partial charge on any atom is 0.139 e. The fourth-order valence-corrected chi connectivity index (χ4v) is 1.06. The highest BCUT2D eigenvalue weighted by Gasteiger charge is 2.03. The lowest BCUT2D eigenvalue weighted by molar-refractivity contribution is 0.155. The second-order valence-corrected chi connectivity index (χ2v) is 3.33. The average Bonchev–Trinajstić information content (AvgIpc) is 1.85. The van der Waals surface area contributed by atoms with Crippen molar-refractivity contribution in [3.8, 4) is 0 Å². The van der Waals surface area contributed by atoms with Crippen molar-refractivity contribution >= 4 is 15.9 Å². The van der Waals surface area contributed by atoms with Crippen LogP contribution in [0.1, 0.15) is 13.8 Å². The first-order valence-corrected chi connectivity index (χ1v) is 4.23. The third kappa shape index (κ3) is 2.84. The molecule has 0 saturated heterocycles. The van der Waals surface area contributed by atoms with Crippen LogP contribution in [0.3, 0.4) is 0 Å². The molecule has 0 aliphatic carbocycles. The Kier molecular flexibility index (Phi) is 2.82. The van der Waals surface area contributed by atoms with E-state index in [1.807, 2.05) is 19.9 Å². The molecule has 0 fully saturated rings. The molecule has 0 unspecified atom stereocenters. The monoisotopic (exact) mass is 218 g/mol. The highest BCUT2D eigenvalue weighted by molar-refractivity contribution is 9.11. The molecule has 0 amide bonds. The van der Waals surface area contributed by atoms with Gasteiger partial charge in [0.05, 0.1) is 12.3 Å². The zero-order valence-corrected chi connectivity index (χ0v) is 8.10. The van der Waals surface area contributed by atoms with Crippen molar-refractivity contribution < 1.29 is 4.74 Å². The van der Waals surface area contributed by atoms with E-state index in [1.54, 1.807) is 6.20 Å². The van der Waals surface area contributed by atoms with Gasteiger partial charge in [-0.05, 0) is 29.8 Å². The molecule has 0 spiro atoms. The number of hydrazine groups is 1. The number of allylic oxidation sites excluding steroid dienone is 1. The minimum Gasteiger partial charge on any atom is -0.489 e. The average molecular weight is 219 g/mol. The van der Waals surface area contributed by atoms with Crippen LogP contribution in [0.25, 0.3) is 0 Å². The molecule has 0 bridgehead atoms. The van der Waals surface area contributed by atoms with E-state index in [0.29, 0.717) is 0 Å². The number of nitrogens with one attached hydrogen (secondary N) is 2. The summed E-state index contributed by atoms with van der Waals surface area (Å²) in [5.74, 6) is 0.825. The summed E-state index contributed by atoms with van der Waals surface area (Å²) in [6, 6.07) is 0. The van der Waals surface area contributed by atoms with E-state index in [4.69, 9.17) is 4.74 Å². The molecular weight excluding hydrogens is 208 g/mol. The van der Waals surface area contributed by atoms with Crippen molar-refractivity contribution in [2.24, 2.45) is 0 Å². The topological polar surface area (TPSA) is 33.3 Å². The van der Waals surface area contributed by atoms with E-state index in [1.165, 1.54) is 0 Å². The summed E-state index contributed by atoms with van der Waals surface area (Å²) >= 11 is 3.29. The second kappa shape index (κ2) is 3.67. The zero-order chi connectivity index (χ0) is 8.27. The van der Waals surface area contributed by atoms with Gasteiger partial charge in [0.2, 0.25) is 0 Å². The summed E-state index contributed by atoms with van der Waals surface area (Å²) in [6.45, 7) is 3.98. The molecule has 1 heterocycles. The molecule has 1 aliphatic rings. The molecule has 0 aromatic carbocycles. The molecule has 2 N–H and O–H groups in total. The number of rotatable bonds is 2. The third-order valence-electron chi connectivity index (χ3n) is 1.05. The first-order chi connectivity index (χ1) is 5.18. The predicted octanol–water partition coefficient (Wildman–Crippen LogP) is 1.60. The summed E-state index contributed by atoms with van der Waals surface area (Å²) in [6.07, 6.45) is 3.85. The number of hydrogen-bond donors (Lipinski definition) is 2. The van der Waals surface area contributed by atoms with E-state index in [2.05, 4.69) is 26.8 Å². The van der Waals surface area contributed by atoms with Crippen LogP contribution in [0.2, 0.25) is 0 Å². The summed E-state index contributed by atoms with van der Waals surface area (Å²) in [5.41, 5.74) is 5.69. The highest BCUT2D eigenvalue weighted by Crippen LogP contribution is 2.11. The molecule has 0 aromatic heterocycles. The van der Waals surface area contributed by atoms with Gasteiger partial charge in [0, 0.05) is 6.08 Å². The quantitative estimate of drug-likeness (QED) is 0.692. The molecule has 62 valence electrons. The van der Waals surface area contributed by atoms with Crippen LogP contribution in [0.5, 0.6) is 0 Å². The van der Waals surface area contributed by atoms with E-state index >= 15 is 0 Å². The van der Waals surface area contributed by atoms with Crippen LogP contribution < -0.4 is 10.9 Å². The van der Waals surface area contributed by atoms with Crippen molar-refractivity contribution in [2.75, 3.05) is 0 Å². The highest BCUT2D eigenvalue weighted by atomic mass is 79.9. The van der Waals surface area contributed by atoms with Crippen molar-refractivity contribution in [3.63, 3.8) is 0 Å². The lowest BCUT2D eigenvalue weighted by Gasteiger charge is -2.16. The van der Waals surface area contributed by atoms with Gasteiger partial charge in [-0.3, -0.25) is 5.43 Å². The minimum atomic E-state index is 0.206. The Hall–Kier alpha value is -0.640. The molecule has 1 aliphatic heterocycles. The van der Waals surface area contributed by atoms with Crippen molar-refractivity contribution in [1.82, 2.24) is 10.9 Å².